The fourth-order valence-corrected chi connectivity index (χ4v) is 17.7. The van der Waals surface area contributed by atoms with Gasteiger partial charge in [-0.15, -0.1) is 11.6 Å². The van der Waals surface area contributed by atoms with Crippen LogP contribution >= 0.6 is 11.6 Å². The molecule has 20 heteroatoms. The van der Waals surface area contributed by atoms with E-state index in [2.05, 4.69) is 35.3 Å². The average Bonchev–Trinajstić information content (AvgIpc) is 1.64. The van der Waals surface area contributed by atoms with Crippen LogP contribution in [-0.2, 0) is 70.6 Å². The van der Waals surface area contributed by atoms with Gasteiger partial charge in [0.05, 0.1) is 53.2 Å². The highest BCUT2D eigenvalue weighted by atomic mass is 35.5. The average molecular weight is 1480 g/mol. The highest BCUT2D eigenvalue weighted by Gasteiger charge is 2.44. The zero-order valence-electron chi connectivity index (χ0n) is 60.6. The molecule has 0 bridgehead atoms. The molecule has 1 N–H and O–H groups in total. The minimum Gasteiger partial charge on any atom is -0.504 e. The molecule has 0 spiro atoms. The fourth-order valence-electron chi connectivity index (χ4n) is 17.6. The lowest BCUT2D eigenvalue weighted by molar-refractivity contribution is -0.385. The summed E-state index contributed by atoms with van der Waals surface area (Å²) in [5, 5.41) is 33.2. The number of carbonyl (C=O) groups is 4. The maximum absolute atomic E-state index is 13.9. The number of anilines is 2. The number of nitro groups is 2. The monoisotopic (exact) mass is 1480 g/mol. The Hall–Kier alpha value is -12.0. The Bertz CT molecular complexity index is 5440. The summed E-state index contributed by atoms with van der Waals surface area (Å²) < 4.78 is 29.4. The number of benzene rings is 10. The number of methoxy groups -OCH3 is 2. The Kier molecular flexibility index (Phi) is 19.4. The number of ketones is 2. The lowest BCUT2D eigenvalue weighted by atomic mass is 9.86. The van der Waals surface area contributed by atoms with Gasteiger partial charge in [-0.3, -0.25) is 49.3 Å². The summed E-state index contributed by atoms with van der Waals surface area (Å²) in [6.45, 7) is 4.13. The van der Waals surface area contributed by atoms with Crippen molar-refractivity contribution in [2.24, 2.45) is 16.8 Å². The van der Waals surface area contributed by atoms with E-state index in [0.717, 1.165) is 119 Å². The molecule has 10 aromatic carbocycles. The fraction of sp³-hybridized carbons (Fsp3) is 0.270. The van der Waals surface area contributed by atoms with Crippen molar-refractivity contribution >= 4 is 69.6 Å². The number of Topliss-reactive ketones (excluding diaryl/α,β-unsaturated/α-hetero) is 2. The van der Waals surface area contributed by atoms with Crippen molar-refractivity contribution < 1.29 is 57.8 Å². The number of aliphatic imine (C=N–C) groups is 1. The van der Waals surface area contributed by atoms with Gasteiger partial charge >= 0.3 is 0 Å². The van der Waals surface area contributed by atoms with Crippen LogP contribution in [0.15, 0.2) is 187 Å². The number of hydrogen-bond acceptors (Lipinski definition) is 15. The second-order valence-electron chi connectivity index (χ2n) is 29.4. The highest BCUT2D eigenvalue weighted by Crippen LogP contribution is 2.49. The molecule has 19 nitrogen and oxygen atoms in total. The molecule has 0 saturated heterocycles. The van der Waals surface area contributed by atoms with Crippen LogP contribution in [0, 0.1) is 45.9 Å². The minimum absolute atomic E-state index is 0.000694. The number of carbonyl (C=O) groups excluding carboxylic acids is 4. The Morgan fingerprint density at radius 2 is 0.927 bits per heavy atom. The molecule has 18 rings (SSSR count). The van der Waals surface area contributed by atoms with Gasteiger partial charge in [-0.1, -0.05) is 91.0 Å². The number of rotatable bonds is 14. The van der Waals surface area contributed by atoms with E-state index < -0.39 is 9.85 Å². The normalized spacial score (nSPS) is 19.0. The maximum Gasteiger partial charge on any atom is 0.270 e. The predicted molar refractivity (Wildman–Crippen MR) is 415 cm³/mol. The lowest BCUT2D eigenvalue weighted by Gasteiger charge is -2.23. The molecule has 4 aliphatic heterocycles. The van der Waals surface area contributed by atoms with Gasteiger partial charge in [0.1, 0.15) is 31.3 Å². The van der Waals surface area contributed by atoms with Gasteiger partial charge in [-0.2, -0.15) is 0 Å². The number of ether oxygens (including phenoxy) is 5. The van der Waals surface area contributed by atoms with Gasteiger partial charge in [0.25, 0.3) is 23.2 Å². The molecule has 0 radical (unpaired) electrons. The number of nitro benzene ring substituents is 2. The smallest absolute Gasteiger partial charge is 0.270 e. The van der Waals surface area contributed by atoms with E-state index >= 15 is 0 Å². The van der Waals surface area contributed by atoms with Crippen LogP contribution in [0.25, 0.3) is 0 Å². The standard InChI is InChI=1S/C44H37N3O7.C27H24ClNO4.C18H17NO3/c1-25-13-35-29(11-12-31-17-28-7-3-5-9-34(28)42(31)43(35)48)19-39(25)53-23-26-14-27(16-32(15-26)47(50)51)24-54-41-21-37-36(20-40(41)52-2)44(49)46-33(22-45-37)18-30-8-4-6-10-38(30)46;1-16-8-24-20(6-7-21-12-19-4-2-3-5-23(19)26(21)27(24)30)13-25(16)33-15-18-9-17(14-28)10-22(11-18)29(31)32;1-22-17-10-14-11(9-16(17)20)6-7-13-8-12-4-2-3-5-15(12)19(13)18(14)21/h3-10,13-16,19-22,31,33,42H,11-12,17-18,23-24H2,1-2H3;2-5,8-11,13,21,26H,6-7,12,14-15H2,1H3;2-5,9-10,13,20H,6-8H2,1H3/t31-,33+,42?;21-,26?;13-/m111/s1. The first-order chi connectivity index (χ1) is 52.9. The zero-order valence-corrected chi connectivity index (χ0v) is 61.4. The molecule has 10 aromatic rings. The SMILES string of the molecule is COc1cc2c(cc1O)CC[C@@H]1Cc3ccccc3N1C2=O.COc1cc2c(cc1OCc1cc(COc3cc4c(cc3C)C(=O)C3c5ccccc5C[C@H]3CC4)cc([N+](=O)[O-])c1)N=C[C@@H]1Cc3ccccc3N1C2=O.Cc1cc2c(cc1OCc1cc(CCl)cc([N+](=O)[O-])c1)CC[C@@H]1Cc3ccccc3C1C2=O. The van der Waals surface area contributed by atoms with E-state index in [-0.39, 0.29) is 96.0 Å². The lowest BCUT2D eigenvalue weighted by Crippen LogP contribution is -2.37. The third kappa shape index (κ3) is 13.7. The van der Waals surface area contributed by atoms with Crippen LogP contribution in [0.4, 0.5) is 28.4 Å². The molecule has 0 saturated carbocycles. The first-order valence-electron chi connectivity index (χ1n) is 36.9. The topological polar surface area (TPSA) is 240 Å². The van der Waals surface area contributed by atoms with Crippen molar-refractivity contribution in [3.8, 4) is 34.5 Å². The third-order valence-corrected chi connectivity index (χ3v) is 23.1. The largest absolute Gasteiger partial charge is 0.504 e. The number of phenolic OH excluding ortho intramolecular Hbond substituents is 1. The van der Waals surface area contributed by atoms with Crippen molar-refractivity contribution in [3.05, 3.63) is 308 Å². The Labute approximate surface area is 635 Å². The van der Waals surface area contributed by atoms with Crippen LogP contribution in [-0.4, -0.2) is 70.9 Å². The number of aromatic hydroxyl groups is 1. The molecule has 6 atom stereocenters. The number of aryl methyl sites for hydroxylation is 5. The summed E-state index contributed by atoms with van der Waals surface area (Å²) in [7, 11) is 3.00. The first-order valence-corrected chi connectivity index (χ1v) is 37.4. The van der Waals surface area contributed by atoms with Gasteiger partial charge in [0.15, 0.2) is 34.6 Å². The number of amides is 2. The predicted octanol–water partition coefficient (Wildman–Crippen LogP) is 17.7. The van der Waals surface area contributed by atoms with Crippen molar-refractivity contribution in [2.45, 2.75) is 128 Å². The molecule has 4 heterocycles. The molecule has 0 fully saturated rings. The highest BCUT2D eigenvalue weighted by molar-refractivity contribution is 6.17. The minimum atomic E-state index is -0.436. The molecule has 0 aromatic heterocycles. The summed E-state index contributed by atoms with van der Waals surface area (Å²) >= 11 is 5.90. The summed E-state index contributed by atoms with van der Waals surface area (Å²) in [6, 6.07) is 56.6. The van der Waals surface area contributed by atoms with Gasteiger partial charge < -0.3 is 33.7 Å². The molecular formula is C89H78ClN5O14. The van der Waals surface area contributed by atoms with Crippen LogP contribution < -0.4 is 33.5 Å². The Morgan fingerprint density at radius 1 is 0.468 bits per heavy atom. The van der Waals surface area contributed by atoms with E-state index in [1.165, 1.54) is 60.7 Å². The first kappa shape index (κ1) is 71.3. The molecule has 2 unspecified atom stereocenters. The number of hydrogen-bond donors (Lipinski definition) is 1. The Balaban J connectivity index is 0.000000139. The van der Waals surface area contributed by atoms with Gasteiger partial charge in [0, 0.05) is 83.0 Å². The number of non-ortho nitro benzene ring substituents is 2. The molecule has 2 amide bonds. The number of alkyl halides is 1. The number of para-hydroxylation sites is 2. The summed E-state index contributed by atoms with van der Waals surface area (Å²) in [6.07, 6.45) is 10.4. The van der Waals surface area contributed by atoms with Crippen LogP contribution in [0.1, 0.15) is 156 Å². The number of phenols is 1. The second kappa shape index (κ2) is 29.7. The van der Waals surface area contributed by atoms with E-state index in [1.54, 1.807) is 35.4 Å². The van der Waals surface area contributed by atoms with Crippen molar-refractivity contribution in [1.29, 1.82) is 0 Å². The quantitative estimate of drug-likeness (QED) is 0.0605. The molecule has 550 valence electrons. The summed E-state index contributed by atoms with van der Waals surface area (Å²) in [5.41, 5.74) is 19.2. The van der Waals surface area contributed by atoms with Crippen LogP contribution in [0.5, 0.6) is 34.5 Å². The van der Waals surface area contributed by atoms with E-state index in [0.29, 0.717) is 80.2 Å². The van der Waals surface area contributed by atoms with Crippen molar-refractivity contribution in [3.63, 3.8) is 0 Å². The van der Waals surface area contributed by atoms with Crippen molar-refractivity contribution in [1.82, 2.24) is 0 Å². The summed E-state index contributed by atoms with van der Waals surface area (Å²) in [5.74, 6) is 3.34. The molecular weight excluding hydrogens is 1400 g/mol. The van der Waals surface area contributed by atoms with E-state index in [4.69, 9.17) is 35.3 Å². The van der Waals surface area contributed by atoms with Crippen LogP contribution in [0.3, 0.4) is 0 Å². The maximum atomic E-state index is 13.9. The molecule has 4 aliphatic carbocycles. The van der Waals surface area contributed by atoms with E-state index in [9.17, 15) is 44.5 Å². The molecule has 8 aliphatic rings. The number of nitrogens with zero attached hydrogens (tertiary/aromatic N) is 5. The van der Waals surface area contributed by atoms with Crippen molar-refractivity contribution in [2.75, 3.05) is 24.0 Å². The Morgan fingerprint density at radius 3 is 1.47 bits per heavy atom. The van der Waals surface area contributed by atoms with Gasteiger partial charge in [-0.25, -0.2) is 0 Å². The second-order valence-corrected chi connectivity index (χ2v) is 29.7. The zero-order chi connectivity index (χ0) is 75.5. The van der Waals surface area contributed by atoms with Crippen LogP contribution in [0.2, 0.25) is 0 Å². The number of fused-ring (bicyclic) bond motifs is 16. The number of halogens is 1. The third-order valence-electron chi connectivity index (χ3n) is 22.8. The summed E-state index contributed by atoms with van der Waals surface area (Å²) in [4.78, 5) is 85.1. The van der Waals surface area contributed by atoms with Gasteiger partial charge in [0.2, 0.25) is 0 Å². The van der Waals surface area contributed by atoms with Gasteiger partial charge in [-0.05, 0) is 228 Å². The van der Waals surface area contributed by atoms with E-state index in [1.807, 2.05) is 122 Å². The molecule has 109 heavy (non-hydrogen) atoms.